The van der Waals surface area contributed by atoms with Crippen molar-refractivity contribution >= 4 is 23.5 Å². The minimum Gasteiger partial charge on any atom is -0.356 e. The van der Waals surface area contributed by atoms with Crippen molar-refractivity contribution in [3.63, 3.8) is 0 Å². The van der Waals surface area contributed by atoms with E-state index in [1.54, 1.807) is 21.3 Å². The summed E-state index contributed by atoms with van der Waals surface area (Å²) in [6, 6.07) is 3.82. The molecule has 0 atom stereocenters. The highest BCUT2D eigenvalue weighted by Gasteiger charge is 2.24. The summed E-state index contributed by atoms with van der Waals surface area (Å²) in [5, 5.41) is 5.10. The van der Waals surface area contributed by atoms with E-state index in [2.05, 4.69) is 20.0 Å². The maximum absolute atomic E-state index is 12.6. The van der Waals surface area contributed by atoms with E-state index in [-0.39, 0.29) is 5.91 Å². The Labute approximate surface area is 158 Å². The fourth-order valence-corrected chi connectivity index (χ4v) is 3.63. The highest BCUT2D eigenvalue weighted by Crippen LogP contribution is 2.23. The Balaban J connectivity index is 1.54. The molecule has 1 amide bonds. The Morgan fingerprint density at radius 3 is 2.73 bits per heavy atom. The Hall–Kier alpha value is -2.09. The molecule has 1 aliphatic rings. The van der Waals surface area contributed by atoms with Crippen LogP contribution in [0.4, 0.5) is 5.82 Å². The number of piperidine rings is 1. The molecule has 2 aromatic heterocycles. The first-order valence-corrected chi connectivity index (χ1v) is 10.1. The van der Waals surface area contributed by atoms with Gasteiger partial charge in [0.1, 0.15) is 5.82 Å². The summed E-state index contributed by atoms with van der Waals surface area (Å²) < 4.78 is 1.74. The van der Waals surface area contributed by atoms with Crippen LogP contribution >= 0.6 is 11.8 Å². The molecule has 3 heterocycles. The molecule has 1 aliphatic heterocycles. The van der Waals surface area contributed by atoms with Gasteiger partial charge in [0.2, 0.25) is 0 Å². The minimum atomic E-state index is -0.00320. The number of nitrogens with zero attached hydrogens (tertiary/aromatic N) is 6. The summed E-state index contributed by atoms with van der Waals surface area (Å²) in [6.45, 7) is 4.64. The molecule has 0 spiro atoms. The average molecular weight is 375 g/mol. The number of thioether (sulfide) groups is 1. The predicted molar refractivity (Wildman–Crippen MR) is 104 cm³/mol. The van der Waals surface area contributed by atoms with Crippen LogP contribution in [0.2, 0.25) is 0 Å². The number of hydrogen-bond donors (Lipinski definition) is 0. The Kier molecular flexibility index (Phi) is 5.80. The van der Waals surface area contributed by atoms with Gasteiger partial charge in [-0.1, -0.05) is 11.8 Å². The third kappa shape index (κ3) is 4.17. The molecule has 3 rings (SSSR count). The first-order valence-electron chi connectivity index (χ1n) is 8.86. The second-order valence-corrected chi connectivity index (χ2v) is 7.59. The Morgan fingerprint density at radius 1 is 1.38 bits per heavy atom. The zero-order chi connectivity index (χ0) is 18.7. The van der Waals surface area contributed by atoms with Gasteiger partial charge in [0.15, 0.2) is 10.9 Å². The largest absolute Gasteiger partial charge is 0.356 e. The Bertz CT molecular complexity index is 749. The predicted octanol–water partition coefficient (Wildman–Crippen LogP) is 2.23. The molecule has 2 aromatic rings. The van der Waals surface area contributed by atoms with Gasteiger partial charge in [-0.05, 0) is 44.1 Å². The van der Waals surface area contributed by atoms with Crippen LogP contribution in [0.25, 0.3) is 0 Å². The number of amides is 1. The second-order valence-electron chi connectivity index (χ2n) is 6.81. The van der Waals surface area contributed by atoms with Crippen molar-refractivity contribution in [1.29, 1.82) is 0 Å². The fraction of sp³-hybridized carbons (Fsp3) is 0.556. The third-order valence-electron chi connectivity index (χ3n) is 4.95. The zero-order valence-corrected chi connectivity index (χ0v) is 16.7. The molecular weight excluding hydrogens is 348 g/mol. The van der Waals surface area contributed by atoms with Crippen molar-refractivity contribution in [2.75, 3.05) is 37.8 Å². The lowest BCUT2D eigenvalue weighted by atomic mass is 9.96. The first kappa shape index (κ1) is 18.7. The fourth-order valence-electron chi connectivity index (χ4n) is 3.28. The lowest BCUT2D eigenvalue weighted by molar-refractivity contribution is 0.0758. The number of anilines is 1. The topological polar surface area (TPSA) is 67.2 Å². The lowest BCUT2D eigenvalue weighted by Gasteiger charge is -2.34. The van der Waals surface area contributed by atoms with Crippen LogP contribution in [0.3, 0.4) is 0 Å². The number of carbonyl (C=O) groups excluding carboxylic acids is 1. The van der Waals surface area contributed by atoms with Crippen molar-refractivity contribution in [2.24, 2.45) is 13.0 Å². The normalized spacial score (nSPS) is 15.3. The van der Waals surface area contributed by atoms with Crippen LogP contribution in [0.15, 0.2) is 23.5 Å². The Morgan fingerprint density at radius 2 is 2.12 bits per heavy atom. The number of carbonyl (C=O) groups is 1. The van der Waals surface area contributed by atoms with E-state index >= 15 is 0 Å². The standard InChI is InChI=1S/C18H26N6OS/c1-13-11-15(21-23(13)3)17(25)22(2)12-14-6-9-24(10-7-14)16-5-8-19-18(20-16)26-4/h5,8,11,14H,6-7,9-10,12H2,1-4H3. The summed E-state index contributed by atoms with van der Waals surface area (Å²) in [6.07, 6.45) is 5.91. The molecule has 1 fully saturated rings. The van der Waals surface area contributed by atoms with Crippen molar-refractivity contribution in [2.45, 2.75) is 24.9 Å². The van der Waals surface area contributed by atoms with E-state index in [4.69, 9.17) is 0 Å². The first-order chi connectivity index (χ1) is 12.5. The van der Waals surface area contributed by atoms with Crippen LogP contribution < -0.4 is 4.90 Å². The molecule has 26 heavy (non-hydrogen) atoms. The van der Waals surface area contributed by atoms with Gasteiger partial charge < -0.3 is 9.80 Å². The molecule has 0 N–H and O–H groups in total. The number of aryl methyl sites for hydroxylation is 2. The van der Waals surface area contributed by atoms with Gasteiger partial charge in [-0.3, -0.25) is 9.48 Å². The summed E-state index contributed by atoms with van der Waals surface area (Å²) in [7, 11) is 3.73. The monoisotopic (exact) mass is 374 g/mol. The van der Waals surface area contributed by atoms with Gasteiger partial charge in [-0.25, -0.2) is 9.97 Å². The van der Waals surface area contributed by atoms with E-state index in [0.717, 1.165) is 49.1 Å². The van der Waals surface area contributed by atoms with Crippen LogP contribution in [-0.2, 0) is 7.05 Å². The number of aromatic nitrogens is 4. The smallest absolute Gasteiger partial charge is 0.274 e. The molecule has 0 unspecified atom stereocenters. The molecular formula is C18H26N6OS. The third-order valence-corrected chi connectivity index (χ3v) is 5.51. The van der Waals surface area contributed by atoms with Crippen LogP contribution in [0.1, 0.15) is 29.0 Å². The van der Waals surface area contributed by atoms with Crippen molar-refractivity contribution in [1.82, 2.24) is 24.6 Å². The molecule has 0 aliphatic carbocycles. The molecule has 0 saturated carbocycles. The summed E-state index contributed by atoms with van der Waals surface area (Å²) >= 11 is 1.56. The molecule has 8 heteroatoms. The van der Waals surface area contributed by atoms with Crippen LogP contribution in [0.5, 0.6) is 0 Å². The van der Waals surface area contributed by atoms with E-state index in [1.807, 2.05) is 45.6 Å². The zero-order valence-electron chi connectivity index (χ0n) is 15.8. The van der Waals surface area contributed by atoms with E-state index in [9.17, 15) is 4.79 Å². The van der Waals surface area contributed by atoms with E-state index < -0.39 is 0 Å². The van der Waals surface area contributed by atoms with Gasteiger partial charge in [-0.2, -0.15) is 5.10 Å². The SMILES string of the molecule is CSc1nccc(N2CCC(CN(C)C(=O)c3cc(C)n(C)n3)CC2)n1. The summed E-state index contributed by atoms with van der Waals surface area (Å²) in [5.41, 5.74) is 1.51. The molecule has 0 aromatic carbocycles. The van der Waals surface area contributed by atoms with Crippen molar-refractivity contribution in [3.05, 3.63) is 29.7 Å². The van der Waals surface area contributed by atoms with Gasteiger partial charge in [0.25, 0.3) is 5.91 Å². The van der Waals surface area contributed by atoms with Gasteiger partial charge in [-0.15, -0.1) is 0 Å². The maximum atomic E-state index is 12.6. The van der Waals surface area contributed by atoms with E-state index in [1.165, 1.54) is 0 Å². The van der Waals surface area contributed by atoms with Gasteiger partial charge in [0.05, 0.1) is 0 Å². The van der Waals surface area contributed by atoms with Gasteiger partial charge in [0, 0.05) is 45.6 Å². The number of rotatable bonds is 5. The summed E-state index contributed by atoms with van der Waals surface area (Å²) in [5.74, 6) is 1.50. The maximum Gasteiger partial charge on any atom is 0.274 e. The number of hydrogen-bond acceptors (Lipinski definition) is 6. The molecule has 7 nitrogen and oxygen atoms in total. The summed E-state index contributed by atoms with van der Waals surface area (Å²) in [4.78, 5) is 25.5. The molecule has 0 radical (unpaired) electrons. The quantitative estimate of drug-likeness (QED) is 0.591. The van der Waals surface area contributed by atoms with E-state index in [0.29, 0.717) is 11.6 Å². The second kappa shape index (κ2) is 8.07. The van der Waals surface area contributed by atoms with Crippen molar-refractivity contribution in [3.8, 4) is 0 Å². The molecule has 0 bridgehead atoms. The van der Waals surface area contributed by atoms with Gasteiger partial charge >= 0.3 is 0 Å². The molecule has 1 saturated heterocycles. The van der Waals surface area contributed by atoms with Crippen LogP contribution in [0, 0.1) is 12.8 Å². The lowest BCUT2D eigenvalue weighted by Crippen LogP contribution is -2.40. The van der Waals surface area contributed by atoms with Crippen molar-refractivity contribution < 1.29 is 4.79 Å². The highest BCUT2D eigenvalue weighted by atomic mass is 32.2. The molecule has 140 valence electrons. The van der Waals surface area contributed by atoms with Crippen LogP contribution in [-0.4, -0.2) is 63.5 Å². The average Bonchev–Trinajstić information content (AvgIpc) is 3.00. The minimum absolute atomic E-state index is 0.00320. The highest BCUT2D eigenvalue weighted by molar-refractivity contribution is 7.98.